The van der Waals surface area contributed by atoms with E-state index in [4.69, 9.17) is 4.98 Å². The molecule has 5 nitrogen and oxygen atoms in total. The maximum absolute atomic E-state index is 12.5. The lowest BCUT2D eigenvalue weighted by Gasteiger charge is -2.12. The van der Waals surface area contributed by atoms with E-state index in [1.54, 1.807) is 0 Å². The summed E-state index contributed by atoms with van der Waals surface area (Å²) in [5.74, 6) is 0.980. The molecule has 1 N–H and O–H groups in total. The summed E-state index contributed by atoms with van der Waals surface area (Å²) in [6.45, 7) is 0.684. The second kappa shape index (κ2) is 10.1. The molecule has 1 heterocycles. The molecule has 0 aliphatic carbocycles. The van der Waals surface area contributed by atoms with Gasteiger partial charge in [0, 0.05) is 44.9 Å². The van der Waals surface area contributed by atoms with Gasteiger partial charge >= 0.3 is 0 Å². The van der Waals surface area contributed by atoms with Crippen molar-refractivity contribution in [2.24, 2.45) is 0 Å². The quantitative estimate of drug-likeness (QED) is 0.392. The summed E-state index contributed by atoms with van der Waals surface area (Å²) in [7, 11) is 4.08. The Balaban J connectivity index is 1.31. The molecular formula is C27H30N4O. The van der Waals surface area contributed by atoms with Crippen LogP contribution in [0.3, 0.4) is 0 Å². The van der Waals surface area contributed by atoms with Crippen LogP contribution in [0.1, 0.15) is 24.2 Å². The first-order chi connectivity index (χ1) is 15.6. The highest BCUT2D eigenvalue weighted by Gasteiger charge is 2.13. The van der Waals surface area contributed by atoms with Crippen LogP contribution in [0.5, 0.6) is 0 Å². The zero-order valence-corrected chi connectivity index (χ0v) is 18.8. The number of aromatic nitrogens is 2. The number of nitrogens with one attached hydrogen (secondary N) is 1. The zero-order chi connectivity index (χ0) is 22.3. The number of benzene rings is 3. The minimum Gasteiger partial charge on any atom is -0.378 e. The SMILES string of the molecule is CN(C)c1ccc(CCCNC(=O)CCc2nc3ccccc3n2-c2ccccc2)cc1. The number of anilines is 1. The predicted molar refractivity (Wildman–Crippen MR) is 131 cm³/mol. The maximum Gasteiger partial charge on any atom is 0.220 e. The van der Waals surface area contributed by atoms with Gasteiger partial charge in [-0.3, -0.25) is 9.36 Å². The van der Waals surface area contributed by atoms with Crippen molar-refractivity contribution in [2.45, 2.75) is 25.7 Å². The molecule has 4 rings (SSSR count). The number of carbonyl (C=O) groups is 1. The van der Waals surface area contributed by atoms with Crippen molar-refractivity contribution in [1.29, 1.82) is 0 Å². The van der Waals surface area contributed by atoms with Gasteiger partial charge in [-0.15, -0.1) is 0 Å². The Morgan fingerprint density at radius 1 is 0.906 bits per heavy atom. The van der Waals surface area contributed by atoms with E-state index < -0.39 is 0 Å². The Morgan fingerprint density at radius 2 is 1.62 bits per heavy atom. The minimum atomic E-state index is 0.0691. The number of amides is 1. The summed E-state index contributed by atoms with van der Waals surface area (Å²) < 4.78 is 2.15. The molecule has 4 aromatic rings. The van der Waals surface area contributed by atoms with Crippen LogP contribution in [-0.2, 0) is 17.6 Å². The first kappa shape index (κ1) is 21.6. The number of nitrogens with zero attached hydrogens (tertiary/aromatic N) is 3. The third-order valence-electron chi connectivity index (χ3n) is 5.64. The highest BCUT2D eigenvalue weighted by atomic mass is 16.1. The van der Waals surface area contributed by atoms with Crippen molar-refractivity contribution in [3.05, 3.63) is 90.3 Å². The van der Waals surface area contributed by atoms with E-state index in [2.05, 4.69) is 57.2 Å². The van der Waals surface area contributed by atoms with Crippen LogP contribution in [0.25, 0.3) is 16.7 Å². The normalized spacial score (nSPS) is 10.9. The van der Waals surface area contributed by atoms with Crippen LogP contribution < -0.4 is 10.2 Å². The monoisotopic (exact) mass is 426 g/mol. The second-order valence-electron chi connectivity index (χ2n) is 8.20. The lowest BCUT2D eigenvalue weighted by atomic mass is 10.1. The van der Waals surface area contributed by atoms with E-state index in [0.29, 0.717) is 19.4 Å². The molecule has 0 fully saturated rings. The number of imidazole rings is 1. The Bertz CT molecular complexity index is 1160. The van der Waals surface area contributed by atoms with Crippen molar-refractivity contribution >= 4 is 22.6 Å². The molecule has 0 saturated heterocycles. The number of fused-ring (bicyclic) bond motifs is 1. The van der Waals surface area contributed by atoms with Crippen molar-refractivity contribution in [3.8, 4) is 5.69 Å². The third kappa shape index (κ3) is 5.17. The lowest BCUT2D eigenvalue weighted by molar-refractivity contribution is -0.121. The van der Waals surface area contributed by atoms with Crippen molar-refractivity contribution < 1.29 is 4.79 Å². The maximum atomic E-state index is 12.5. The van der Waals surface area contributed by atoms with Crippen LogP contribution >= 0.6 is 0 Å². The van der Waals surface area contributed by atoms with E-state index in [1.165, 1.54) is 11.3 Å². The molecule has 1 aromatic heterocycles. The zero-order valence-electron chi connectivity index (χ0n) is 18.8. The Labute approximate surface area is 189 Å². The molecule has 0 spiro atoms. The third-order valence-corrected chi connectivity index (χ3v) is 5.64. The number of aryl methyl sites for hydroxylation is 2. The lowest BCUT2D eigenvalue weighted by Crippen LogP contribution is -2.25. The predicted octanol–water partition coefficient (Wildman–Crippen LogP) is 4.77. The Kier molecular flexibility index (Phi) is 6.85. The molecule has 0 unspecified atom stereocenters. The molecule has 0 bridgehead atoms. The number of hydrogen-bond acceptors (Lipinski definition) is 3. The Hall–Kier alpha value is -3.60. The fraction of sp³-hybridized carbons (Fsp3) is 0.259. The van der Waals surface area contributed by atoms with Gasteiger partial charge in [0.25, 0.3) is 0 Å². The van der Waals surface area contributed by atoms with Crippen molar-refractivity contribution in [1.82, 2.24) is 14.9 Å². The number of hydrogen-bond donors (Lipinski definition) is 1. The molecule has 3 aromatic carbocycles. The van der Waals surface area contributed by atoms with E-state index in [9.17, 15) is 4.79 Å². The van der Waals surface area contributed by atoms with Gasteiger partial charge in [-0.2, -0.15) is 0 Å². The number of carbonyl (C=O) groups excluding carboxylic acids is 1. The fourth-order valence-electron chi connectivity index (χ4n) is 3.90. The van der Waals surface area contributed by atoms with Crippen LogP contribution in [0.2, 0.25) is 0 Å². The second-order valence-corrected chi connectivity index (χ2v) is 8.20. The molecular weight excluding hydrogens is 396 g/mol. The van der Waals surface area contributed by atoms with Gasteiger partial charge in [0.2, 0.25) is 5.91 Å². The molecule has 0 saturated carbocycles. The van der Waals surface area contributed by atoms with Crippen LogP contribution in [0.15, 0.2) is 78.9 Å². The smallest absolute Gasteiger partial charge is 0.220 e. The molecule has 32 heavy (non-hydrogen) atoms. The summed E-state index contributed by atoms with van der Waals surface area (Å²) >= 11 is 0. The summed E-state index contributed by atoms with van der Waals surface area (Å²) in [5, 5.41) is 3.06. The summed E-state index contributed by atoms with van der Waals surface area (Å²) in [6.07, 6.45) is 2.91. The van der Waals surface area contributed by atoms with E-state index in [0.717, 1.165) is 35.4 Å². The fourth-order valence-corrected chi connectivity index (χ4v) is 3.90. The van der Waals surface area contributed by atoms with Gasteiger partial charge < -0.3 is 10.2 Å². The van der Waals surface area contributed by atoms with Crippen LogP contribution in [0.4, 0.5) is 5.69 Å². The first-order valence-corrected chi connectivity index (χ1v) is 11.2. The van der Waals surface area contributed by atoms with Gasteiger partial charge in [-0.25, -0.2) is 4.98 Å². The summed E-state index contributed by atoms with van der Waals surface area (Å²) in [5.41, 5.74) is 5.57. The largest absolute Gasteiger partial charge is 0.378 e. The van der Waals surface area contributed by atoms with Gasteiger partial charge in [-0.05, 0) is 54.8 Å². The van der Waals surface area contributed by atoms with Crippen LogP contribution in [-0.4, -0.2) is 36.1 Å². The number of para-hydroxylation sites is 3. The van der Waals surface area contributed by atoms with Gasteiger partial charge in [0.1, 0.15) is 5.82 Å². The summed E-state index contributed by atoms with van der Waals surface area (Å²) in [6, 6.07) is 26.9. The molecule has 0 atom stereocenters. The minimum absolute atomic E-state index is 0.0691. The standard InChI is InChI=1S/C27H30N4O/c1-30(2)22-16-14-21(15-17-22)9-8-20-28-27(32)19-18-26-29-24-12-6-7-13-25(24)31(26)23-10-4-3-5-11-23/h3-7,10-17H,8-9,18-20H2,1-2H3,(H,28,32). The van der Waals surface area contributed by atoms with E-state index in [1.807, 2.05) is 50.5 Å². The number of rotatable bonds is 9. The average Bonchev–Trinajstić information content (AvgIpc) is 3.20. The molecule has 164 valence electrons. The van der Waals surface area contributed by atoms with Gasteiger partial charge in [0.15, 0.2) is 0 Å². The van der Waals surface area contributed by atoms with E-state index >= 15 is 0 Å². The molecule has 0 radical (unpaired) electrons. The van der Waals surface area contributed by atoms with Gasteiger partial charge in [0.05, 0.1) is 11.0 Å². The molecule has 0 aliphatic heterocycles. The topological polar surface area (TPSA) is 50.2 Å². The highest BCUT2D eigenvalue weighted by molar-refractivity contribution is 5.79. The molecule has 0 aliphatic rings. The van der Waals surface area contributed by atoms with Crippen molar-refractivity contribution in [2.75, 3.05) is 25.5 Å². The summed E-state index contributed by atoms with van der Waals surface area (Å²) in [4.78, 5) is 19.3. The highest BCUT2D eigenvalue weighted by Crippen LogP contribution is 2.22. The Morgan fingerprint density at radius 3 is 2.38 bits per heavy atom. The van der Waals surface area contributed by atoms with Crippen molar-refractivity contribution in [3.63, 3.8) is 0 Å². The average molecular weight is 427 g/mol. The van der Waals surface area contributed by atoms with Crippen LogP contribution in [0, 0.1) is 0 Å². The van der Waals surface area contributed by atoms with E-state index in [-0.39, 0.29) is 5.91 Å². The van der Waals surface area contributed by atoms with Gasteiger partial charge in [-0.1, -0.05) is 42.5 Å². The first-order valence-electron chi connectivity index (χ1n) is 11.2. The molecule has 5 heteroatoms. The molecule has 1 amide bonds.